The molecule has 0 aliphatic rings. The van der Waals surface area contributed by atoms with Crippen LogP contribution in [0.4, 0.5) is 0 Å². The summed E-state index contributed by atoms with van der Waals surface area (Å²) >= 11 is 7.29. The Balaban J connectivity index is 2.41. The van der Waals surface area contributed by atoms with E-state index in [0.717, 1.165) is 16.4 Å². The summed E-state index contributed by atoms with van der Waals surface area (Å²) in [5, 5.41) is 3.58. The first kappa shape index (κ1) is 8.66. The number of halogens is 1. The van der Waals surface area contributed by atoms with Crippen LogP contribution >= 0.6 is 22.9 Å². The predicted octanol–water partition coefficient (Wildman–Crippen LogP) is 2.97. The molecule has 2 nitrogen and oxygen atoms in total. The van der Waals surface area contributed by atoms with E-state index in [-0.39, 0.29) is 0 Å². The van der Waals surface area contributed by atoms with Gasteiger partial charge < -0.3 is 0 Å². The van der Waals surface area contributed by atoms with Crippen LogP contribution in [0.1, 0.15) is 5.01 Å². The Morgan fingerprint density at radius 3 is 2.92 bits per heavy atom. The maximum Gasteiger partial charge on any atom is 0.100 e. The van der Waals surface area contributed by atoms with E-state index >= 15 is 0 Å². The van der Waals surface area contributed by atoms with Crippen molar-refractivity contribution in [2.45, 2.75) is 6.92 Å². The maximum atomic E-state index is 5.69. The van der Waals surface area contributed by atoms with Crippen molar-refractivity contribution in [1.82, 2.24) is 9.97 Å². The van der Waals surface area contributed by atoms with Gasteiger partial charge in [0.15, 0.2) is 0 Å². The molecule has 13 heavy (non-hydrogen) atoms. The zero-order chi connectivity index (χ0) is 9.26. The fourth-order valence-electron chi connectivity index (χ4n) is 0.950. The lowest BCUT2D eigenvalue weighted by Crippen LogP contribution is -1.82. The minimum absolute atomic E-state index is 0.593. The Bertz CT molecular complexity index is 408. The van der Waals surface area contributed by atoms with Gasteiger partial charge in [-0.05, 0) is 13.0 Å². The predicted molar refractivity (Wildman–Crippen MR) is 53.9 cm³/mol. The Kier molecular flexibility index (Phi) is 2.29. The second kappa shape index (κ2) is 3.44. The van der Waals surface area contributed by atoms with Crippen LogP contribution in [0.25, 0.3) is 11.4 Å². The summed E-state index contributed by atoms with van der Waals surface area (Å²) < 4.78 is 0. The van der Waals surface area contributed by atoms with Crippen molar-refractivity contribution in [3.05, 3.63) is 33.7 Å². The molecule has 0 unspecified atom stereocenters. The number of thiazole rings is 1. The first-order valence-electron chi connectivity index (χ1n) is 3.71. The van der Waals surface area contributed by atoms with Crippen molar-refractivity contribution in [1.29, 1.82) is 0 Å². The van der Waals surface area contributed by atoms with Gasteiger partial charge in [-0.25, -0.2) is 4.98 Å². The molecule has 2 heterocycles. The van der Waals surface area contributed by atoms with Crippen molar-refractivity contribution < 1.29 is 0 Å². The van der Waals surface area contributed by atoms with Crippen LogP contribution in [-0.2, 0) is 0 Å². The van der Waals surface area contributed by atoms with E-state index in [9.17, 15) is 0 Å². The molecule has 0 spiro atoms. The van der Waals surface area contributed by atoms with Gasteiger partial charge in [0.05, 0.1) is 15.7 Å². The molecule has 0 bridgehead atoms. The van der Waals surface area contributed by atoms with Crippen molar-refractivity contribution in [3.8, 4) is 11.4 Å². The molecule has 0 aromatic carbocycles. The van der Waals surface area contributed by atoms with Crippen LogP contribution in [0.5, 0.6) is 0 Å². The van der Waals surface area contributed by atoms with Crippen LogP contribution < -0.4 is 0 Å². The fraction of sp³-hybridized carbons (Fsp3) is 0.111. The molecule has 0 saturated heterocycles. The van der Waals surface area contributed by atoms with E-state index in [4.69, 9.17) is 11.6 Å². The van der Waals surface area contributed by atoms with E-state index in [1.54, 1.807) is 23.6 Å². The second-order valence-corrected chi connectivity index (χ2v) is 4.03. The molecule has 0 amide bonds. The molecule has 2 rings (SSSR count). The zero-order valence-corrected chi connectivity index (χ0v) is 8.49. The zero-order valence-electron chi connectivity index (χ0n) is 6.91. The van der Waals surface area contributed by atoms with Gasteiger partial charge in [0.1, 0.15) is 5.69 Å². The quantitative estimate of drug-likeness (QED) is 0.722. The Morgan fingerprint density at radius 2 is 2.38 bits per heavy atom. The normalized spacial score (nSPS) is 10.3. The van der Waals surface area contributed by atoms with Gasteiger partial charge >= 0.3 is 0 Å². The molecular weight excluding hydrogens is 204 g/mol. The number of pyridine rings is 1. The van der Waals surface area contributed by atoms with Gasteiger partial charge in [0.25, 0.3) is 0 Å². The fourth-order valence-corrected chi connectivity index (χ4v) is 1.65. The van der Waals surface area contributed by atoms with Gasteiger partial charge in [-0.1, -0.05) is 11.6 Å². The van der Waals surface area contributed by atoms with Crippen LogP contribution in [0.3, 0.4) is 0 Å². The van der Waals surface area contributed by atoms with Crippen LogP contribution in [0.2, 0.25) is 5.02 Å². The highest BCUT2D eigenvalue weighted by atomic mass is 35.5. The number of aryl methyl sites for hydroxylation is 1. The molecule has 0 fully saturated rings. The highest BCUT2D eigenvalue weighted by Crippen LogP contribution is 2.19. The monoisotopic (exact) mass is 209 g/mol. The SMILES string of the molecule is Cc1nc(-c2[c]cc(Cl)cn2)cs1. The average molecular weight is 210 g/mol. The molecule has 65 valence electrons. The summed E-state index contributed by atoms with van der Waals surface area (Å²) in [7, 11) is 0. The van der Waals surface area contributed by atoms with Gasteiger partial charge in [-0.3, -0.25) is 4.98 Å². The van der Waals surface area contributed by atoms with E-state index < -0.39 is 0 Å². The standard InChI is InChI=1S/C9H6ClN2S/c1-6-12-9(5-13-6)8-3-2-7(10)4-11-8/h2,4-5H,1H3. The van der Waals surface area contributed by atoms with Crippen molar-refractivity contribution >= 4 is 22.9 Å². The first-order chi connectivity index (χ1) is 6.25. The van der Waals surface area contributed by atoms with Gasteiger partial charge in [0.2, 0.25) is 0 Å². The number of aromatic nitrogens is 2. The minimum atomic E-state index is 0.593. The summed E-state index contributed by atoms with van der Waals surface area (Å²) in [6.07, 6.45) is 1.60. The lowest BCUT2D eigenvalue weighted by atomic mass is 10.3. The molecular formula is C9H6ClN2S. The van der Waals surface area contributed by atoms with Gasteiger partial charge in [0, 0.05) is 17.6 Å². The third-order valence-corrected chi connectivity index (χ3v) is 2.51. The lowest BCUT2D eigenvalue weighted by Gasteiger charge is -1.93. The van der Waals surface area contributed by atoms with E-state index in [1.165, 1.54) is 0 Å². The Labute approximate surface area is 85.2 Å². The lowest BCUT2D eigenvalue weighted by molar-refractivity contribution is 1.24. The highest BCUT2D eigenvalue weighted by molar-refractivity contribution is 7.09. The van der Waals surface area contributed by atoms with E-state index in [1.807, 2.05) is 12.3 Å². The van der Waals surface area contributed by atoms with Crippen LogP contribution in [0.15, 0.2) is 17.6 Å². The molecule has 0 N–H and O–H groups in total. The molecule has 2 aromatic heterocycles. The van der Waals surface area contributed by atoms with Crippen molar-refractivity contribution in [3.63, 3.8) is 0 Å². The van der Waals surface area contributed by atoms with Crippen molar-refractivity contribution in [2.24, 2.45) is 0 Å². The first-order valence-corrected chi connectivity index (χ1v) is 4.97. The van der Waals surface area contributed by atoms with Gasteiger partial charge in [-0.15, -0.1) is 11.3 Å². The molecule has 2 aromatic rings. The Morgan fingerprint density at radius 1 is 1.54 bits per heavy atom. The maximum absolute atomic E-state index is 5.69. The molecule has 0 aliphatic heterocycles. The summed E-state index contributed by atoms with van der Waals surface area (Å²) in [6, 6.07) is 4.66. The second-order valence-electron chi connectivity index (χ2n) is 2.53. The summed E-state index contributed by atoms with van der Waals surface area (Å²) in [6.45, 7) is 1.96. The third kappa shape index (κ3) is 1.87. The Hall–Kier alpha value is -0.930. The average Bonchev–Trinajstić information content (AvgIpc) is 2.53. The highest BCUT2D eigenvalue weighted by Gasteiger charge is 2.02. The number of rotatable bonds is 1. The van der Waals surface area contributed by atoms with E-state index in [2.05, 4.69) is 16.0 Å². The summed E-state index contributed by atoms with van der Waals surface area (Å²) in [5.41, 5.74) is 1.60. The number of hydrogen-bond acceptors (Lipinski definition) is 3. The van der Waals surface area contributed by atoms with Crippen molar-refractivity contribution in [2.75, 3.05) is 0 Å². The number of hydrogen-bond donors (Lipinski definition) is 0. The van der Waals surface area contributed by atoms with Gasteiger partial charge in [-0.2, -0.15) is 0 Å². The third-order valence-electron chi connectivity index (χ3n) is 1.53. The molecule has 4 heteroatoms. The molecule has 1 radical (unpaired) electrons. The van der Waals surface area contributed by atoms with Crippen LogP contribution in [0, 0.1) is 13.0 Å². The summed E-state index contributed by atoms with van der Waals surface area (Å²) in [4.78, 5) is 8.41. The van der Waals surface area contributed by atoms with Crippen LogP contribution in [-0.4, -0.2) is 9.97 Å². The molecule has 0 saturated carbocycles. The summed E-state index contributed by atoms with van der Waals surface area (Å²) in [5.74, 6) is 0. The molecule has 0 atom stereocenters. The largest absolute Gasteiger partial charge is 0.252 e. The smallest absolute Gasteiger partial charge is 0.100 e. The van der Waals surface area contributed by atoms with E-state index in [0.29, 0.717) is 5.02 Å². The topological polar surface area (TPSA) is 25.8 Å². The minimum Gasteiger partial charge on any atom is -0.252 e. The number of nitrogens with zero attached hydrogens (tertiary/aromatic N) is 2. The molecule has 0 aliphatic carbocycles.